The molecule has 4 heterocycles. The molecule has 1 saturated heterocycles. The number of fused-ring (bicyclic) bond motifs is 2. The Morgan fingerprint density at radius 2 is 1.53 bits per heavy atom. The number of nitrogens with one attached hydrogen (secondary N) is 4. The van der Waals surface area contributed by atoms with Crippen LogP contribution in [0.15, 0.2) is 48.7 Å². The molecule has 1 fully saturated rings. The number of aliphatic carboxylic acids is 1. The number of aromatic nitrogens is 4. The molecule has 4 aromatic rings. The predicted octanol–water partition coefficient (Wildman–Crippen LogP) is -1.05. The fraction of sp³-hybridized carbons (Fsp3) is 0.395. The van der Waals surface area contributed by atoms with Crippen LogP contribution in [0.4, 0.5) is 17.5 Å². The fourth-order valence-corrected chi connectivity index (χ4v) is 6.93. The molecule has 68 heavy (non-hydrogen) atoms. The van der Waals surface area contributed by atoms with E-state index in [-0.39, 0.29) is 125 Å². The summed E-state index contributed by atoms with van der Waals surface area (Å²) in [4.78, 5) is 118. The topological polar surface area (TPSA) is 352 Å². The van der Waals surface area contributed by atoms with Crippen LogP contribution >= 0.6 is 0 Å². The highest BCUT2D eigenvalue weighted by molar-refractivity contribution is 6.23. The van der Waals surface area contributed by atoms with E-state index >= 15 is 0 Å². The Balaban J connectivity index is 0.761. The van der Waals surface area contributed by atoms with E-state index in [1.165, 1.54) is 18.2 Å². The number of carbonyl (C=O) groups excluding carboxylic acids is 7. The molecule has 0 bridgehead atoms. The summed E-state index contributed by atoms with van der Waals surface area (Å²) < 4.78 is 21.8. The molecule has 0 spiro atoms. The lowest BCUT2D eigenvalue weighted by molar-refractivity contribution is -0.140. The van der Waals surface area contributed by atoms with Crippen molar-refractivity contribution >= 4 is 75.9 Å². The molecular formula is C43H50N12O13. The Labute approximate surface area is 387 Å². The van der Waals surface area contributed by atoms with Crippen LogP contribution in [0, 0.1) is 0 Å². The monoisotopic (exact) mass is 942 g/mol. The van der Waals surface area contributed by atoms with Crippen molar-refractivity contribution in [2.75, 3.05) is 82.8 Å². The number of benzene rings is 2. The summed E-state index contributed by atoms with van der Waals surface area (Å²) in [5, 5.41) is 19.6. The van der Waals surface area contributed by atoms with Crippen molar-refractivity contribution in [2.24, 2.45) is 0 Å². The number of nitrogens with two attached hydrogens (primary N) is 2. The van der Waals surface area contributed by atoms with Gasteiger partial charge in [0.15, 0.2) is 23.6 Å². The Morgan fingerprint density at radius 3 is 2.21 bits per heavy atom. The number of ether oxygens (including phenoxy) is 4. The second kappa shape index (κ2) is 23.5. The first-order valence-electron chi connectivity index (χ1n) is 21.3. The summed E-state index contributed by atoms with van der Waals surface area (Å²) in [5.41, 5.74) is 13.8. The number of piperidine rings is 1. The number of hydrogen-bond acceptors (Lipinski definition) is 19. The normalized spacial score (nSPS) is 14.8. The van der Waals surface area contributed by atoms with Crippen molar-refractivity contribution < 1.29 is 62.4 Å². The number of amides is 7. The molecule has 2 aliphatic heterocycles. The van der Waals surface area contributed by atoms with Crippen LogP contribution in [0.3, 0.4) is 0 Å². The third-order valence-corrected chi connectivity index (χ3v) is 10.4. The zero-order chi connectivity index (χ0) is 48.7. The van der Waals surface area contributed by atoms with Gasteiger partial charge in [-0.1, -0.05) is 0 Å². The zero-order valence-electron chi connectivity index (χ0n) is 36.9. The first kappa shape index (κ1) is 49.5. The molecule has 0 aliphatic carbocycles. The van der Waals surface area contributed by atoms with Gasteiger partial charge < -0.3 is 56.4 Å². The number of hydrogen-bond donors (Lipinski definition) is 7. The Kier molecular flexibility index (Phi) is 17.1. The summed E-state index contributed by atoms with van der Waals surface area (Å²) >= 11 is 0. The molecule has 0 saturated carbocycles. The molecular weight excluding hydrogens is 893 g/mol. The van der Waals surface area contributed by atoms with Gasteiger partial charge >= 0.3 is 5.97 Å². The molecule has 1 unspecified atom stereocenters. The molecule has 25 nitrogen and oxygen atoms in total. The van der Waals surface area contributed by atoms with Gasteiger partial charge in [-0.3, -0.25) is 43.8 Å². The highest BCUT2D eigenvalue weighted by Crippen LogP contribution is 2.30. The summed E-state index contributed by atoms with van der Waals surface area (Å²) in [5.74, 6) is -5.00. The van der Waals surface area contributed by atoms with Crippen molar-refractivity contribution in [2.45, 2.75) is 44.3 Å². The Hall–Kier alpha value is -7.90. The van der Waals surface area contributed by atoms with Gasteiger partial charge in [-0.25, -0.2) is 14.8 Å². The van der Waals surface area contributed by atoms with Crippen LogP contribution in [0.1, 0.15) is 62.5 Å². The smallest absolute Gasteiger partial charge is 0.326 e. The van der Waals surface area contributed by atoms with E-state index in [2.05, 4.69) is 41.2 Å². The van der Waals surface area contributed by atoms with Crippen molar-refractivity contribution in [1.29, 1.82) is 0 Å². The number of rotatable bonds is 25. The quantitative estimate of drug-likeness (QED) is 0.0308. The number of carbonyl (C=O) groups is 8. The van der Waals surface area contributed by atoms with Gasteiger partial charge in [0.2, 0.25) is 23.7 Å². The van der Waals surface area contributed by atoms with Gasteiger partial charge in [0.25, 0.3) is 23.6 Å². The van der Waals surface area contributed by atoms with Gasteiger partial charge in [-0.2, -0.15) is 9.97 Å². The molecule has 2 aliphatic rings. The maximum absolute atomic E-state index is 13.0. The number of carboxylic acids is 1. The molecule has 2 atom stereocenters. The third kappa shape index (κ3) is 13.4. The molecule has 360 valence electrons. The second-order valence-corrected chi connectivity index (χ2v) is 15.3. The lowest BCUT2D eigenvalue weighted by Crippen LogP contribution is -2.54. The van der Waals surface area contributed by atoms with Crippen molar-refractivity contribution in [3.05, 3.63) is 71.0 Å². The fourth-order valence-electron chi connectivity index (χ4n) is 6.93. The van der Waals surface area contributed by atoms with Crippen LogP contribution < -0.4 is 42.4 Å². The van der Waals surface area contributed by atoms with E-state index < -0.39 is 59.4 Å². The molecule has 2 aromatic heterocycles. The average Bonchev–Trinajstić information content (AvgIpc) is 3.55. The zero-order valence-corrected chi connectivity index (χ0v) is 36.9. The number of anilines is 3. The Morgan fingerprint density at radius 1 is 0.868 bits per heavy atom. The molecule has 6 rings (SSSR count). The molecule has 0 radical (unpaired) electrons. The first-order valence-corrected chi connectivity index (χ1v) is 21.3. The lowest BCUT2D eigenvalue weighted by Gasteiger charge is -2.27. The van der Waals surface area contributed by atoms with E-state index in [4.69, 9.17) is 30.4 Å². The highest BCUT2D eigenvalue weighted by Gasteiger charge is 2.44. The maximum atomic E-state index is 13.0. The summed E-state index contributed by atoms with van der Waals surface area (Å²) in [6.45, 7) is 1.71. The Bertz CT molecular complexity index is 2540. The van der Waals surface area contributed by atoms with Gasteiger partial charge in [0.05, 0.1) is 69.2 Å². The first-order chi connectivity index (χ1) is 32.7. The highest BCUT2D eigenvalue weighted by atomic mass is 16.5. The van der Waals surface area contributed by atoms with Crippen LogP contribution in [-0.2, 0) is 44.7 Å². The van der Waals surface area contributed by atoms with E-state index in [9.17, 15) is 43.5 Å². The summed E-state index contributed by atoms with van der Waals surface area (Å²) in [7, 11) is 1.81. The van der Waals surface area contributed by atoms with Crippen molar-refractivity contribution in [3.8, 4) is 5.75 Å². The van der Waals surface area contributed by atoms with E-state index in [0.29, 0.717) is 17.8 Å². The lowest BCUT2D eigenvalue weighted by atomic mass is 10.0. The van der Waals surface area contributed by atoms with Crippen LogP contribution in [0.25, 0.3) is 11.2 Å². The minimum Gasteiger partial charge on any atom is -0.484 e. The van der Waals surface area contributed by atoms with Gasteiger partial charge in [0.1, 0.15) is 17.8 Å². The van der Waals surface area contributed by atoms with Crippen molar-refractivity contribution in [1.82, 2.24) is 46.1 Å². The largest absolute Gasteiger partial charge is 0.484 e. The maximum Gasteiger partial charge on any atom is 0.326 e. The molecule has 9 N–H and O–H groups in total. The van der Waals surface area contributed by atoms with E-state index in [1.54, 1.807) is 30.5 Å². The predicted molar refractivity (Wildman–Crippen MR) is 238 cm³/mol. The average molecular weight is 943 g/mol. The van der Waals surface area contributed by atoms with Gasteiger partial charge in [-0.15, -0.1) is 0 Å². The summed E-state index contributed by atoms with van der Waals surface area (Å²) in [6, 6.07) is 8.26. The standard InChI is InChI=1S/C43H50N12O13/c1-54(22-25-21-48-37-35(49-25)36(44)52-43(45)53-37)26-4-2-24(3-5-26)38(59)50-30(42(63)64)8-10-32(56)46-12-14-65-16-18-67-19-17-66-15-13-47-34(58)23-68-27-6-7-28-29(20-27)41(62)55(40(28)61)31-9-11-33(57)51-39(31)60/h2-7,20-21,30-31H,8-19,22-23H2,1H3,(H,46,56)(H,47,58)(H,50,59)(H,63,64)(H,51,57,60)(H4,44,45,48,52,53)/t30-,31?/m0/s1. The number of carboxylic acid groups (broad SMARTS) is 1. The molecule has 25 heteroatoms. The third-order valence-electron chi connectivity index (χ3n) is 10.4. The SMILES string of the molecule is CN(Cc1cnc2nc(N)nc(N)c2n1)c1ccc(C(=O)N[C@@H](CCC(=O)NCCOCCOCCOCCNC(=O)COc2ccc3c(c2)C(=O)N(C2CCC(=O)NC2=O)C3=O)C(=O)O)cc1. The number of nitrogen functional groups attached to an aromatic ring is 2. The van der Waals surface area contributed by atoms with E-state index in [0.717, 1.165) is 10.6 Å². The number of nitrogens with zero attached hydrogens (tertiary/aromatic N) is 6. The van der Waals surface area contributed by atoms with Crippen molar-refractivity contribution in [3.63, 3.8) is 0 Å². The molecule has 7 amide bonds. The number of imide groups is 2. The minimum atomic E-state index is -1.30. The second-order valence-electron chi connectivity index (χ2n) is 15.3. The van der Waals surface area contributed by atoms with Crippen LogP contribution in [-0.4, -0.2) is 156 Å². The minimum absolute atomic E-state index is 0.00421. The summed E-state index contributed by atoms with van der Waals surface area (Å²) in [6.07, 6.45) is 1.30. The van der Waals surface area contributed by atoms with Gasteiger partial charge in [0, 0.05) is 44.2 Å². The van der Waals surface area contributed by atoms with Gasteiger partial charge in [-0.05, 0) is 55.3 Å². The molecule has 2 aromatic carbocycles. The van der Waals surface area contributed by atoms with Crippen LogP contribution in [0.2, 0.25) is 0 Å². The van der Waals surface area contributed by atoms with E-state index in [1.807, 2.05) is 11.9 Å². The van der Waals surface area contributed by atoms with Crippen LogP contribution in [0.5, 0.6) is 5.75 Å².